The van der Waals surface area contributed by atoms with Gasteiger partial charge in [-0.2, -0.15) is 0 Å². The maximum absolute atomic E-state index is 8.47. The predicted molar refractivity (Wildman–Crippen MR) is 75.0 cm³/mol. The molecule has 0 aliphatic heterocycles. The third-order valence-corrected chi connectivity index (χ3v) is 2.99. The van der Waals surface area contributed by atoms with E-state index in [0.717, 1.165) is 6.54 Å². The van der Waals surface area contributed by atoms with Gasteiger partial charge < -0.3 is 10.5 Å². The molecule has 0 aliphatic carbocycles. The predicted octanol–water partition coefficient (Wildman–Crippen LogP) is 3.96. The molecule has 2 N–H and O–H groups in total. The number of nitrogens with zero attached hydrogens (tertiary/aromatic N) is 1. The Balaban J connectivity index is 3.23. The quantitative estimate of drug-likeness (QED) is 0.249. The summed E-state index contributed by atoms with van der Waals surface area (Å²) in [4.78, 5) is 0. The van der Waals surface area contributed by atoms with Gasteiger partial charge in [-0.3, -0.25) is 0 Å². The average molecular weight is 242 g/mol. The summed E-state index contributed by atoms with van der Waals surface area (Å²) in [5, 5.41) is 14.9. The second kappa shape index (κ2) is 10.6. The number of hydrogen-bond acceptors (Lipinski definition) is 3. The molecule has 0 saturated carbocycles. The molecule has 0 rings (SSSR count). The molecule has 3 nitrogen and oxygen atoms in total. The van der Waals surface area contributed by atoms with E-state index in [0.29, 0.717) is 0 Å². The monoisotopic (exact) mass is 242 g/mol. The van der Waals surface area contributed by atoms with Gasteiger partial charge in [0.25, 0.3) is 0 Å². The van der Waals surface area contributed by atoms with E-state index in [1.165, 1.54) is 57.6 Å². The Labute approximate surface area is 107 Å². The van der Waals surface area contributed by atoms with Gasteiger partial charge in [0.1, 0.15) is 0 Å². The van der Waals surface area contributed by atoms with E-state index in [9.17, 15) is 0 Å². The Morgan fingerprint density at radius 2 is 1.53 bits per heavy atom. The van der Waals surface area contributed by atoms with Crippen LogP contribution in [0, 0.1) is 0 Å². The lowest BCUT2D eigenvalue weighted by molar-refractivity contribution is 0.315. The van der Waals surface area contributed by atoms with Crippen LogP contribution in [0.25, 0.3) is 0 Å². The molecule has 0 atom stereocenters. The van der Waals surface area contributed by atoms with Gasteiger partial charge in [0.2, 0.25) is 0 Å². The van der Waals surface area contributed by atoms with E-state index in [1.807, 2.05) is 13.8 Å². The lowest BCUT2D eigenvalue weighted by atomic mass is 10.1. The fraction of sp³-hybridized carbons (Fsp3) is 0.929. The smallest absolute Gasteiger partial charge is 0.0631 e. The standard InChI is InChI=1S/C14H30N2O/c1-4-5-6-7-8-9-10-11-12-15-14(2,3)13-16-17/h13,15,17H,4-12H2,1-3H3. The van der Waals surface area contributed by atoms with Gasteiger partial charge in [0.05, 0.1) is 11.8 Å². The molecule has 17 heavy (non-hydrogen) atoms. The van der Waals surface area contributed by atoms with Crippen LogP contribution < -0.4 is 5.32 Å². The van der Waals surface area contributed by atoms with Crippen molar-refractivity contribution in [1.29, 1.82) is 0 Å². The van der Waals surface area contributed by atoms with Crippen LogP contribution in [-0.4, -0.2) is 23.5 Å². The molecule has 0 unspecified atom stereocenters. The zero-order valence-electron chi connectivity index (χ0n) is 11.8. The van der Waals surface area contributed by atoms with Gasteiger partial charge in [0, 0.05) is 0 Å². The summed E-state index contributed by atoms with van der Waals surface area (Å²) >= 11 is 0. The zero-order valence-corrected chi connectivity index (χ0v) is 11.8. The van der Waals surface area contributed by atoms with E-state index < -0.39 is 0 Å². The van der Waals surface area contributed by atoms with Crippen LogP contribution in [-0.2, 0) is 0 Å². The van der Waals surface area contributed by atoms with Crippen molar-refractivity contribution in [1.82, 2.24) is 5.32 Å². The second-order valence-corrected chi connectivity index (χ2v) is 5.37. The molecule has 0 saturated heterocycles. The number of oxime groups is 1. The first-order valence-electron chi connectivity index (χ1n) is 7.06. The van der Waals surface area contributed by atoms with Crippen LogP contribution in [0.15, 0.2) is 5.16 Å². The second-order valence-electron chi connectivity index (χ2n) is 5.37. The minimum absolute atomic E-state index is 0.199. The Morgan fingerprint density at radius 1 is 1.00 bits per heavy atom. The van der Waals surface area contributed by atoms with Gasteiger partial charge in [-0.25, -0.2) is 0 Å². The summed E-state index contributed by atoms with van der Waals surface area (Å²) in [5.74, 6) is 0. The third kappa shape index (κ3) is 11.7. The average Bonchev–Trinajstić information content (AvgIpc) is 2.27. The molecule has 102 valence electrons. The molecule has 0 aromatic rings. The Morgan fingerprint density at radius 3 is 2.06 bits per heavy atom. The van der Waals surface area contributed by atoms with E-state index in [-0.39, 0.29) is 5.54 Å². The molecule has 0 amide bonds. The fourth-order valence-corrected chi connectivity index (χ4v) is 1.86. The first-order chi connectivity index (χ1) is 8.12. The molecule has 0 bridgehead atoms. The van der Waals surface area contributed by atoms with Crippen LogP contribution in [0.5, 0.6) is 0 Å². The lowest BCUT2D eigenvalue weighted by Crippen LogP contribution is -2.41. The maximum Gasteiger partial charge on any atom is 0.0631 e. The van der Waals surface area contributed by atoms with Crippen molar-refractivity contribution in [2.24, 2.45) is 5.16 Å². The molecule has 0 aromatic carbocycles. The molecule has 0 spiro atoms. The Bertz CT molecular complexity index is 191. The molecular weight excluding hydrogens is 212 g/mol. The van der Waals surface area contributed by atoms with E-state index in [4.69, 9.17) is 5.21 Å². The molecule has 0 heterocycles. The number of hydrogen-bond donors (Lipinski definition) is 2. The minimum Gasteiger partial charge on any atom is -0.411 e. The topological polar surface area (TPSA) is 44.6 Å². The van der Waals surface area contributed by atoms with Crippen LogP contribution in [0.4, 0.5) is 0 Å². The van der Waals surface area contributed by atoms with Gasteiger partial charge in [-0.1, -0.05) is 51.9 Å². The SMILES string of the molecule is CCCCCCCCCCNC(C)(C)C=NO. The zero-order chi connectivity index (χ0) is 13.0. The number of unbranched alkanes of at least 4 members (excludes halogenated alkanes) is 7. The van der Waals surface area contributed by atoms with E-state index in [1.54, 1.807) is 0 Å². The van der Waals surface area contributed by atoms with E-state index in [2.05, 4.69) is 17.4 Å². The highest BCUT2D eigenvalue weighted by atomic mass is 16.4. The maximum atomic E-state index is 8.47. The molecule has 3 heteroatoms. The number of nitrogens with one attached hydrogen (secondary N) is 1. The first-order valence-corrected chi connectivity index (χ1v) is 7.06. The largest absolute Gasteiger partial charge is 0.411 e. The summed E-state index contributed by atoms with van der Waals surface area (Å²) in [5.41, 5.74) is -0.199. The summed E-state index contributed by atoms with van der Waals surface area (Å²) < 4.78 is 0. The molecule has 0 aliphatic rings. The Hall–Kier alpha value is -0.570. The van der Waals surface area contributed by atoms with Crippen molar-refractivity contribution in [3.05, 3.63) is 0 Å². The molecule has 0 radical (unpaired) electrons. The van der Waals surface area contributed by atoms with Gasteiger partial charge in [-0.05, 0) is 26.8 Å². The van der Waals surface area contributed by atoms with Gasteiger partial charge in [-0.15, -0.1) is 5.16 Å². The summed E-state index contributed by atoms with van der Waals surface area (Å²) in [6, 6.07) is 0. The van der Waals surface area contributed by atoms with Crippen molar-refractivity contribution >= 4 is 6.21 Å². The van der Waals surface area contributed by atoms with Crippen molar-refractivity contribution in [2.75, 3.05) is 6.54 Å². The van der Waals surface area contributed by atoms with Crippen LogP contribution in [0.2, 0.25) is 0 Å². The molecule has 0 fully saturated rings. The van der Waals surface area contributed by atoms with Crippen molar-refractivity contribution in [2.45, 2.75) is 77.7 Å². The summed E-state index contributed by atoms with van der Waals surface area (Å²) in [6.07, 6.45) is 12.3. The normalized spacial score (nSPS) is 12.4. The highest BCUT2D eigenvalue weighted by Gasteiger charge is 2.12. The molecule has 0 aromatic heterocycles. The minimum atomic E-state index is -0.199. The van der Waals surface area contributed by atoms with Gasteiger partial charge in [0.15, 0.2) is 0 Å². The number of rotatable bonds is 11. The van der Waals surface area contributed by atoms with Gasteiger partial charge >= 0.3 is 0 Å². The highest BCUT2D eigenvalue weighted by Crippen LogP contribution is 2.08. The van der Waals surface area contributed by atoms with Crippen molar-refractivity contribution < 1.29 is 5.21 Å². The first kappa shape index (κ1) is 16.4. The van der Waals surface area contributed by atoms with Crippen LogP contribution >= 0.6 is 0 Å². The van der Waals surface area contributed by atoms with Crippen molar-refractivity contribution in [3.63, 3.8) is 0 Å². The van der Waals surface area contributed by atoms with E-state index >= 15 is 0 Å². The molecular formula is C14H30N2O. The lowest BCUT2D eigenvalue weighted by Gasteiger charge is -2.20. The van der Waals surface area contributed by atoms with Crippen LogP contribution in [0.1, 0.15) is 72.1 Å². The van der Waals surface area contributed by atoms with Crippen molar-refractivity contribution in [3.8, 4) is 0 Å². The third-order valence-electron chi connectivity index (χ3n) is 2.99. The van der Waals surface area contributed by atoms with Crippen LogP contribution in [0.3, 0.4) is 0 Å². The highest BCUT2D eigenvalue weighted by molar-refractivity contribution is 5.68. The Kier molecular flexibility index (Phi) is 10.2. The summed E-state index contributed by atoms with van der Waals surface area (Å²) in [7, 11) is 0. The summed E-state index contributed by atoms with van der Waals surface area (Å²) in [6.45, 7) is 7.27. The fourth-order valence-electron chi connectivity index (χ4n) is 1.86.